The molecule has 0 atom stereocenters. The van der Waals surface area contributed by atoms with Gasteiger partial charge in [-0.2, -0.15) is 0 Å². The van der Waals surface area contributed by atoms with Gasteiger partial charge in [0.15, 0.2) is 0 Å². The van der Waals surface area contributed by atoms with Gasteiger partial charge in [-0.25, -0.2) is 0 Å². The highest BCUT2D eigenvalue weighted by Gasteiger charge is 2.12. The van der Waals surface area contributed by atoms with Crippen LogP contribution in [0.2, 0.25) is 0 Å². The maximum atomic E-state index is 12.6. The lowest BCUT2D eigenvalue weighted by Crippen LogP contribution is -2.29. The number of benzene rings is 3. The summed E-state index contributed by atoms with van der Waals surface area (Å²) in [6, 6.07) is 25.6. The molecular weight excluding hydrogens is 426 g/mol. The zero-order chi connectivity index (χ0) is 24.1. The Morgan fingerprint density at radius 2 is 1.56 bits per heavy atom. The molecule has 2 amide bonds. The van der Waals surface area contributed by atoms with Crippen LogP contribution >= 0.6 is 0 Å². The van der Waals surface area contributed by atoms with Gasteiger partial charge < -0.3 is 15.6 Å². The van der Waals surface area contributed by atoms with Crippen molar-refractivity contribution in [2.75, 3.05) is 5.32 Å². The minimum Gasteiger partial charge on any atom is -0.348 e. The number of H-pyrrole nitrogens is 1. The summed E-state index contributed by atoms with van der Waals surface area (Å²) in [5.41, 5.74) is 5.28. The second-order valence-corrected chi connectivity index (χ2v) is 8.19. The maximum absolute atomic E-state index is 12.6. The van der Waals surface area contributed by atoms with Crippen LogP contribution in [0.3, 0.4) is 0 Å². The lowest BCUT2D eigenvalue weighted by Gasteiger charge is -2.09. The summed E-state index contributed by atoms with van der Waals surface area (Å²) < 4.78 is 0. The zero-order valence-corrected chi connectivity index (χ0v) is 19.0. The number of aryl methyl sites for hydroxylation is 2. The van der Waals surface area contributed by atoms with Crippen molar-refractivity contribution in [1.29, 1.82) is 0 Å². The summed E-state index contributed by atoms with van der Waals surface area (Å²) in [5, 5.41) is 5.64. The number of hydrogen-bond acceptors (Lipinski definition) is 3. The molecule has 0 unspecified atom stereocenters. The van der Waals surface area contributed by atoms with E-state index in [1.807, 2.05) is 56.3 Å². The molecule has 1 aromatic heterocycles. The zero-order valence-electron chi connectivity index (χ0n) is 19.0. The van der Waals surface area contributed by atoms with E-state index in [0.29, 0.717) is 16.9 Å². The fourth-order valence-electron chi connectivity index (χ4n) is 3.58. The predicted octanol–water partition coefficient (Wildman–Crippen LogP) is 4.84. The van der Waals surface area contributed by atoms with Gasteiger partial charge in [0.1, 0.15) is 5.56 Å². The minimum absolute atomic E-state index is 0.0419. The van der Waals surface area contributed by atoms with Gasteiger partial charge in [0, 0.05) is 23.5 Å². The number of carbonyl (C=O) groups is 2. The third-order valence-electron chi connectivity index (χ3n) is 5.43. The second-order valence-electron chi connectivity index (χ2n) is 8.19. The molecule has 0 aliphatic heterocycles. The monoisotopic (exact) mass is 451 g/mol. The van der Waals surface area contributed by atoms with Crippen LogP contribution < -0.4 is 16.2 Å². The molecule has 3 N–H and O–H groups in total. The average Bonchev–Trinajstić information content (AvgIpc) is 2.83. The summed E-state index contributed by atoms with van der Waals surface area (Å²) in [6.07, 6.45) is 0. The molecule has 0 spiro atoms. The number of rotatable bonds is 6. The van der Waals surface area contributed by atoms with E-state index in [-0.39, 0.29) is 18.0 Å². The first-order valence-corrected chi connectivity index (χ1v) is 10.9. The third-order valence-corrected chi connectivity index (χ3v) is 5.43. The van der Waals surface area contributed by atoms with Crippen molar-refractivity contribution in [2.45, 2.75) is 20.4 Å². The molecular formula is C28H25N3O3. The molecule has 0 bridgehead atoms. The molecule has 3 aromatic carbocycles. The van der Waals surface area contributed by atoms with Crippen LogP contribution in [0, 0.1) is 13.8 Å². The highest BCUT2D eigenvalue weighted by atomic mass is 16.2. The Labute approximate surface area is 197 Å². The molecule has 0 aliphatic rings. The molecule has 34 heavy (non-hydrogen) atoms. The molecule has 170 valence electrons. The molecule has 0 radical (unpaired) electrons. The molecule has 1 heterocycles. The van der Waals surface area contributed by atoms with Crippen molar-refractivity contribution in [3.05, 3.63) is 123 Å². The van der Waals surface area contributed by atoms with Crippen LogP contribution in [0.4, 0.5) is 5.69 Å². The van der Waals surface area contributed by atoms with E-state index in [1.54, 1.807) is 36.4 Å². The second kappa shape index (κ2) is 10.0. The summed E-state index contributed by atoms with van der Waals surface area (Å²) in [6.45, 7) is 4.16. The summed E-state index contributed by atoms with van der Waals surface area (Å²) in [7, 11) is 0. The smallest absolute Gasteiger partial charge is 0.261 e. The Kier molecular flexibility index (Phi) is 6.69. The minimum atomic E-state index is -0.467. The molecule has 0 saturated heterocycles. The number of aromatic nitrogens is 1. The molecule has 4 rings (SSSR count). The van der Waals surface area contributed by atoms with E-state index in [9.17, 15) is 14.4 Å². The van der Waals surface area contributed by atoms with Crippen LogP contribution in [0.5, 0.6) is 0 Å². The standard InChI is InChI=1S/C28H25N3O3/c1-18-9-11-21(12-10-18)26(32)30-23-8-4-6-20(16-23)17-29-27(33)24-13-14-25(31-28(24)34)22-7-3-5-19(2)15-22/h3-16H,17H2,1-2H3,(H,29,33)(H,30,32)(H,31,34). The first kappa shape index (κ1) is 22.7. The molecule has 0 saturated carbocycles. The van der Waals surface area contributed by atoms with Crippen LogP contribution in [0.1, 0.15) is 37.4 Å². The predicted molar refractivity (Wildman–Crippen MR) is 134 cm³/mol. The SMILES string of the molecule is Cc1ccc(C(=O)Nc2cccc(CNC(=O)c3ccc(-c4cccc(C)c4)[nH]c3=O)c2)cc1. The number of hydrogen-bond donors (Lipinski definition) is 3. The van der Waals surface area contributed by atoms with Gasteiger partial charge >= 0.3 is 0 Å². The number of amides is 2. The summed E-state index contributed by atoms with van der Waals surface area (Å²) in [4.78, 5) is 40.4. The molecule has 6 heteroatoms. The van der Waals surface area contributed by atoms with Gasteiger partial charge in [0.2, 0.25) is 0 Å². The van der Waals surface area contributed by atoms with Gasteiger partial charge in [0.25, 0.3) is 17.4 Å². The van der Waals surface area contributed by atoms with Crippen molar-refractivity contribution in [3.8, 4) is 11.3 Å². The van der Waals surface area contributed by atoms with Crippen molar-refractivity contribution >= 4 is 17.5 Å². The van der Waals surface area contributed by atoms with Gasteiger partial charge in [-0.3, -0.25) is 14.4 Å². The number of anilines is 1. The Hall–Kier alpha value is -4.45. The highest BCUT2D eigenvalue weighted by Crippen LogP contribution is 2.17. The Bertz CT molecular complexity index is 1410. The fraction of sp³-hybridized carbons (Fsp3) is 0.107. The first-order chi connectivity index (χ1) is 16.4. The lowest BCUT2D eigenvalue weighted by molar-refractivity contribution is 0.0948. The first-order valence-electron chi connectivity index (χ1n) is 10.9. The maximum Gasteiger partial charge on any atom is 0.261 e. The quantitative estimate of drug-likeness (QED) is 0.392. The van der Waals surface area contributed by atoms with E-state index in [4.69, 9.17) is 0 Å². The van der Waals surface area contributed by atoms with E-state index in [1.165, 1.54) is 6.07 Å². The van der Waals surface area contributed by atoms with E-state index < -0.39 is 11.5 Å². The number of carbonyl (C=O) groups excluding carboxylic acids is 2. The average molecular weight is 452 g/mol. The summed E-state index contributed by atoms with van der Waals surface area (Å²) >= 11 is 0. The number of pyridine rings is 1. The number of nitrogens with one attached hydrogen (secondary N) is 3. The Morgan fingerprint density at radius 1 is 0.794 bits per heavy atom. The van der Waals surface area contributed by atoms with Gasteiger partial charge in [-0.15, -0.1) is 0 Å². The molecule has 4 aromatic rings. The van der Waals surface area contributed by atoms with E-state index >= 15 is 0 Å². The lowest BCUT2D eigenvalue weighted by atomic mass is 10.1. The van der Waals surface area contributed by atoms with Gasteiger partial charge in [-0.1, -0.05) is 53.6 Å². The fourth-order valence-corrected chi connectivity index (χ4v) is 3.58. The largest absolute Gasteiger partial charge is 0.348 e. The van der Waals surface area contributed by atoms with Crippen LogP contribution in [0.25, 0.3) is 11.3 Å². The van der Waals surface area contributed by atoms with E-state index in [2.05, 4.69) is 15.6 Å². The third kappa shape index (κ3) is 5.48. The van der Waals surface area contributed by atoms with Crippen molar-refractivity contribution in [1.82, 2.24) is 10.3 Å². The van der Waals surface area contributed by atoms with Crippen molar-refractivity contribution in [3.63, 3.8) is 0 Å². The molecule has 6 nitrogen and oxygen atoms in total. The number of aromatic amines is 1. The van der Waals surface area contributed by atoms with E-state index in [0.717, 1.165) is 22.3 Å². The van der Waals surface area contributed by atoms with Gasteiger partial charge in [-0.05, 0) is 67.4 Å². The molecule has 0 fully saturated rings. The van der Waals surface area contributed by atoms with Crippen molar-refractivity contribution in [2.24, 2.45) is 0 Å². The normalized spacial score (nSPS) is 10.5. The Balaban J connectivity index is 1.40. The topological polar surface area (TPSA) is 91.1 Å². The molecule has 0 aliphatic carbocycles. The van der Waals surface area contributed by atoms with Crippen molar-refractivity contribution < 1.29 is 9.59 Å². The Morgan fingerprint density at radius 3 is 2.29 bits per heavy atom. The van der Waals surface area contributed by atoms with Crippen LogP contribution in [-0.4, -0.2) is 16.8 Å². The summed E-state index contributed by atoms with van der Waals surface area (Å²) in [5.74, 6) is -0.674. The van der Waals surface area contributed by atoms with Crippen LogP contribution in [-0.2, 0) is 6.54 Å². The van der Waals surface area contributed by atoms with Crippen LogP contribution in [0.15, 0.2) is 89.7 Å². The highest BCUT2D eigenvalue weighted by molar-refractivity contribution is 6.04. The van der Waals surface area contributed by atoms with Gasteiger partial charge in [0.05, 0.1) is 0 Å².